The number of ether oxygens (including phenoxy) is 2. The van der Waals surface area contributed by atoms with Gasteiger partial charge in [-0.15, -0.1) is 0 Å². The molecule has 0 atom stereocenters. The summed E-state index contributed by atoms with van der Waals surface area (Å²) >= 11 is 0. The minimum absolute atomic E-state index is 0.0769. The molecule has 2 aromatic carbocycles. The first kappa shape index (κ1) is 14.6. The predicted molar refractivity (Wildman–Crippen MR) is 77.0 cm³/mol. The lowest BCUT2D eigenvalue weighted by atomic mass is 10.2. The van der Waals surface area contributed by atoms with E-state index < -0.39 is 4.92 Å². The van der Waals surface area contributed by atoms with Crippen LogP contribution in [0.5, 0.6) is 23.0 Å². The minimum Gasteiger partial charge on any atom is -0.508 e. The van der Waals surface area contributed by atoms with E-state index in [2.05, 4.69) is 0 Å². The van der Waals surface area contributed by atoms with Crippen LogP contribution in [0.15, 0.2) is 42.5 Å². The van der Waals surface area contributed by atoms with Crippen LogP contribution < -0.4 is 9.47 Å². The van der Waals surface area contributed by atoms with Gasteiger partial charge in [0, 0.05) is 18.2 Å². The Morgan fingerprint density at radius 1 is 1.14 bits per heavy atom. The number of phenols is 1. The quantitative estimate of drug-likeness (QED) is 0.667. The fourth-order valence-electron chi connectivity index (χ4n) is 1.74. The SMILES string of the molecule is CC(C)Oc1cc(Oc2cccc(O)c2)ccc1[N+](=O)[O-]. The summed E-state index contributed by atoms with van der Waals surface area (Å²) in [6, 6.07) is 10.6. The van der Waals surface area contributed by atoms with Crippen molar-refractivity contribution in [2.45, 2.75) is 20.0 Å². The van der Waals surface area contributed by atoms with E-state index >= 15 is 0 Å². The zero-order chi connectivity index (χ0) is 15.4. The molecule has 21 heavy (non-hydrogen) atoms. The molecule has 0 heterocycles. The molecule has 2 aromatic rings. The largest absolute Gasteiger partial charge is 0.508 e. The third-order valence-electron chi connectivity index (χ3n) is 2.54. The maximum absolute atomic E-state index is 11.0. The predicted octanol–water partition coefficient (Wildman–Crippen LogP) is 3.88. The van der Waals surface area contributed by atoms with Crippen molar-refractivity contribution < 1.29 is 19.5 Å². The average Bonchev–Trinajstić information content (AvgIpc) is 2.37. The van der Waals surface area contributed by atoms with Crippen LogP contribution in [0.4, 0.5) is 5.69 Å². The van der Waals surface area contributed by atoms with Gasteiger partial charge in [0.15, 0.2) is 0 Å². The Bertz CT molecular complexity index is 654. The Kier molecular flexibility index (Phi) is 4.27. The second kappa shape index (κ2) is 6.13. The van der Waals surface area contributed by atoms with Crippen molar-refractivity contribution in [2.24, 2.45) is 0 Å². The van der Waals surface area contributed by atoms with Crippen LogP contribution >= 0.6 is 0 Å². The fraction of sp³-hybridized carbons (Fsp3) is 0.200. The van der Waals surface area contributed by atoms with Gasteiger partial charge in [-0.25, -0.2) is 0 Å². The first-order valence-corrected chi connectivity index (χ1v) is 6.37. The van der Waals surface area contributed by atoms with Crippen molar-refractivity contribution in [3.05, 3.63) is 52.6 Å². The summed E-state index contributed by atoms with van der Waals surface area (Å²) in [6.07, 6.45) is -0.195. The molecule has 0 bridgehead atoms. The molecule has 0 aliphatic heterocycles. The van der Waals surface area contributed by atoms with Crippen LogP contribution in [0.25, 0.3) is 0 Å². The van der Waals surface area contributed by atoms with Gasteiger partial charge in [-0.3, -0.25) is 10.1 Å². The lowest BCUT2D eigenvalue weighted by molar-refractivity contribution is -0.386. The molecular formula is C15H15NO5. The van der Waals surface area contributed by atoms with Gasteiger partial charge in [-0.05, 0) is 32.0 Å². The molecular weight excluding hydrogens is 274 g/mol. The molecule has 0 aromatic heterocycles. The minimum atomic E-state index is -0.504. The summed E-state index contributed by atoms with van der Waals surface area (Å²) in [5, 5.41) is 20.4. The Balaban J connectivity index is 2.30. The highest BCUT2D eigenvalue weighted by atomic mass is 16.6. The van der Waals surface area contributed by atoms with Crippen LogP contribution in [-0.4, -0.2) is 16.1 Å². The van der Waals surface area contributed by atoms with Crippen LogP contribution in [-0.2, 0) is 0 Å². The average molecular weight is 289 g/mol. The summed E-state index contributed by atoms with van der Waals surface area (Å²) in [4.78, 5) is 10.5. The van der Waals surface area contributed by atoms with E-state index in [4.69, 9.17) is 9.47 Å². The normalized spacial score (nSPS) is 10.4. The van der Waals surface area contributed by atoms with Crippen LogP contribution in [0.3, 0.4) is 0 Å². The molecule has 6 nitrogen and oxygen atoms in total. The summed E-state index contributed by atoms with van der Waals surface area (Å²) < 4.78 is 11.0. The van der Waals surface area contributed by atoms with Crippen molar-refractivity contribution in [2.75, 3.05) is 0 Å². The van der Waals surface area contributed by atoms with Gasteiger partial charge >= 0.3 is 5.69 Å². The number of aromatic hydroxyl groups is 1. The number of hydrogen-bond donors (Lipinski definition) is 1. The maximum atomic E-state index is 11.0. The zero-order valence-electron chi connectivity index (χ0n) is 11.6. The molecule has 0 spiro atoms. The standard InChI is InChI=1S/C15H15NO5/c1-10(2)20-15-9-13(6-7-14(15)16(18)19)21-12-5-3-4-11(17)8-12/h3-10,17H,1-2H3. The van der Waals surface area contributed by atoms with Crippen molar-refractivity contribution in [3.63, 3.8) is 0 Å². The first-order chi connectivity index (χ1) is 9.95. The molecule has 0 amide bonds. The Labute approximate surface area is 121 Å². The topological polar surface area (TPSA) is 81.8 Å². The Morgan fingerprint density at radius 2 is 1.86 bits per heavy atom. The highest BCUT2D eigenvalue weighted by Crippen LogP contribution is 2.34. The first-order valence-electron chi connectivity index (χ1n) is 6.37. The van der Waals surface area contributed by atoms with E-state index in [0.717, 1.165) is 0 Å². The lowest BCUT2D eigenvalue weighted by Crippen LogP contribution is -2.07. The Hall–Kier alpha value is -2.76. The van der Waals surface area contributed by atoms with Gasteiger partial charge in [0.1, 0.15) is 17.2 Å². The number of nitro benzene ring substituents is 1. The van der Waals surface area contributed by atoms with Crippen molar-refractivity contribution >= 4 is 5.69 Å². The van der Waals surface area contributed by atoms with E-state index in [1.807, 2.05) is 0 Å². The molecule has 0 aliphatic rings. The number of rotatable bonds is 5. The molecule has 1 N–H and O–H groups in total. The molecule has 0 fully saturated rings. The fourth-order valence-corrected chi connectivity index (χ4v) is 1.74. The van der Waals surface area contributed by atoms with E-state index in [1.165, 1.54) is 30.3 Å². The molecule has 6 heteroatoms. The lowest BCUT2D eigenvalue weighted by Gasteiger charge is -2.12. The Morgan fingerprint density at radius 3 is 2.48 bits per heavy atom. The van der Waals surface area contributed by atoms with Gasteiger partial charge in [0.05, 0.1) is 11.0 Å². The molecule has 0 radical (unpaired) electrons. The molecule has 0 unspecified atom stereocenters. The molecule has 110 valence electrons. The van der Waals surface area contributed by atoms with Crippen molar-refractivity contribution in [3.8, 4) is 23.0 Å². The smallest absolute Gasteiger partial charge is 0.311 e. The number of phenolic OH excluding ortho intramolecular Hbond substituents is 1. The molecule has 2 rings (SSSR count). The molecule has 0 saturated heterocycles. The highest BCUT2D eigenvalue weighted by Gasteiger charge is 2.17. The maximum Gasteiger partial charge on any atom is 0.311 e. The third kappa shape index (κ3) is 3.85. The number of hydrogen-bond acceptors (Lipinski definition) is 5. The summed E-state index contributed by atoms with van der Waals surface area (Å²) in [6.45, 7) is 3.57. The molecule has 0 saturated carbocycles. The van der Waals surface area contributed by atoms with Gasteiger partial charge in [-0.1, -0.05) is 6.07 Å². The van der Waals surface area contributed by atoms with Crippen molar-refractivity contribution in [1.82, 2.24) is 0 Å². The number of benzene rings is 2. The van der Waals surface area contributed by atoms with Crippen LogP contribution in [0.2, 0.25) is 0 Å². The zero-order valence-corrected chi connectivity index (χ0v) is 11.6. The van der Waals surface area contributed by atoms with E-state index in [1.54, 1.807) is 26.0 Å². The summed E-state index contributed by atoms with van der Waals surface area (Å²) in [5.41, 5.74) is -0.119. The van der Waals surface area contributed by atoms with Gasteiger partial charge in [0.2, 0.25) is 5.75 Å². The number of nitrogens with zero attached hydrogens (tertiary/aromatic N) is 1. The van der Waals surface area contributed by atoms with Crippen LogP contribution in [0, 0.1) is 10.1 Å². The van der Waals surface area contributed by atoms with Crippen LogP contribution in [0.1, 0.15) is 13.8 Å². The van der Waals surface area contributed by atoms with Gasteiger partial charge in [-0.2, -0.15) is 0 Å². The summed E-state index contributed by atoms with van der Waals surface area (Å²) in [7, 11) is 0. The highest BCUT2D eigenvalue weighted by molar-refractivity contribution is 5.51. The van der Waals surface area contributed by atoms with E-state index in [0.29, 0.717) is 11.5 Å². The number of nitro groups is 1. The van der Waals surface area contributed by atoms with Crippen molar-refractivity contribution in [1.29, 1.82) is 0 Å². The van der Waals surface area contributed by atoms with Gasteiger partial charge < -0.3 is 14.6 Å². The van der Waals surface area contributed by atoms with E-state index in [-0.39, 0.29) is 23.3 Å². The summed E-state index contributed by atoms with van der Waals surface area (Å²) in [5.74, 6) is 1.04. The molecule has 0 aliphatic carbocycles. The van der Waals surface area contributed by atoms with Gasteiger partial charge in [0.25, 0.3) is 0 Å². The third-order valence-corrected chi connectivity index (χ3v) is 2.54. The monoisotopic (exact) mass is 289 g/mol. The second-order valence-electron chi connectivity index (χ2n) is 4.65. The van der Waals surface area contributed by atoms with E-state index in [9.17, 15) is 15.2 Å². The second-order valence-corrected chi connectivity index (χ2v) is 4.65.